The molecule has 1 fully saturated rings. The Balaban J connectivity index is 1.70. The van der Waals surface area contributed by atoms with Crippen LogP contribution >= 0.6 is 11.3 Å². The van der Waals surface area contributed by atoms with Gasteiger partial charge in [0, 0.05) is 24.6 Å². The summed E-state index contributed by atoms with van der Waals surface area (Å²) in [6.45, 7) is 5.27. The lowest BCUT2D eigenvalue weighted by atomic mass is 9.84. The second kappa shape index (κ2) is 10.7. The van der Waals surface area contributed by atoms with Crippen molar-refractivity contribution in [3.8, 4) is 11.3 Å². The van der Waals surface area contributed by atoms with E-state index in [1.165, 1.54) is 43.2 Å². The molecule has 1 aromatic carbocycles. The van der Waals surface area contributed by atoms with E-state index < -0.39 is 0 Å². The predicted molar refractivity (Wildman–Crippen MR) is 121 cm³/mol. The number of benzene rings is 1. The number of ether oxygens (including phenoxy) is 1. The van der Waals surface area contributed by atoms with Gasteiger partial charge in [-0.2, -0.15) is 0 Å². The zero-order valence-electron chi connectivity index (χ0n) is 17.8. The minimum Gasteiger partial charge on any atom is -0.383 e. The van der Waals surface area contributed by atoms with Crippen LogP contribution in [0.5, 0.6) is 0 Å². The lowest BCUT2D eigenvalue weighted by Crippen LogP contribution is -2.42. The van der Waals surface area contributed by atoms with Crippen molar-refractivity contribution in [2.75, 3.05) is 25.6 Å². The van der Waals surface area contributed by atoms with Gasteiger partial charge in [0.1, 0.15) is 6.04 Å². The first kappa shape index (κ1) is 21.8. The first-order chi connectivity index (χ1) is 14.1. The molecule has 1 saturated carbocycles. The predicted octanol–water partition coefficient (Wildman–Crippen LogP) is 4.94. The Kier molecular flexibility index (Phi) is 8.07. The Morgan fingerprint density at radius 1 is 1.28 bits per heavy atom. The van der Waals surface area contributed by atoms with Crippen LogP contribution < -0.4 is 10.6 Å². The molecule has 0 bridgehead atoms. The molecule has 1 aromatic heterocycles. The number of methoxy groups -OCH3 is 1. The number of nitrogens with one attached hydrogen (secondary N) is 2. The van der Waals surface area contributed by atoms with Gasteiger partial charge in [0.05, 0.1) is 12.3 Å². The van der Waals surface area contributed by atoms with Gasteiger partial charge < -0.3 is 15.4 Å². The number of thiazole rings is 1. The van der Waals surface area contributed by atoms with Crippen molar-refractivity contribution in [3.63, 3.8) is 0 Å². The van der Waals surface area contributed by atoms with Gasteiger partial charge >= 0.3 is 0 Å². The van der Waals surface area contributed by atoms with Gasteiger partial charge in [0.2, 0.25) is 5.91 Å². The maximum Gasteiger partial charge on any atom is 0.242 e. The van der Waals surface area contributed by atoms with Crippen molar-refractivity contribution in [2.45, 2.75) is 58.4 Å². The van der Waals surface area contributed by atoms with Gasteiger partial charge in [0.25, 0.3) is 0 Å². The number of carbonyl (C=O) groups excluding carboxylic acids is 1. The van der Waals surface area contributed by atoms with Gasteiger partial charge in [-0.1, -0.05) is 55.9 Å². The van der Waals surface area contributed by atoms with Gasteiger partial charge in [-0.15, -0.1) is 11.3 Å². The highest BCUT2D eigenvalue weighted by Gasteiger charge is 2.25. The maximum absolute atomic E-state index is 12.8. The second-order valence-corrected chi connectivity index (χ2v) is 8.93. The number of hydrogen-bond acceptors (Lipinski definition) is 5. The molecule has 1 heterocycles. The summed E-state index contributed by atoms with van der Waals surface area (Å²) in [5.74, 6) is 0.643. The molecule has 29 heavy (non-hydrogen) atoms. The van der Waals surface area contributed by atoms with E-state index >= 15 is 0 Å². The Bertz CT molecular complexity index is 799. The zero-order valence-corrected chi connectivity index (χ0v) is 18.6. The summed E-state index contributed by atoms with van der Waals surface area (Å²) in [5.41, 5.74) is 4.58. The average Bonchev–Trinajstić information content (AvgIpc) is 3.16. The van der Waals surface area contributed by atoms with E-state index in [2.05, 4.69) is 48.1 Å². The van der Waals surface area contributed by atoms with Crippen LogP contribution in [0.1, 0.15) is 49.7 Å². The molecule has 0 spiro atoms. The Labute approximate surface area is 178 Å². The first-order valence-corrected chi connectivity index (χ1v) is 11.5. The van der Waals surface area contributed by atoms with Crippen molar-refractivity contribution in [3.05, 3.63) is 34.7 Å². The highest BCUT2D eigenvalue weighted by atomic mass is 32.1. The molecule has 1 amide bonds. The van der Waals surface area contributed by atoms with E-state index in [-0.39, 0.29) is 11.9 Å². The number of amides is 1. The fraction of sp³-hybridized carbons (Fsp3) is 0.565. The molecule has 2 N–H and O–H groups in total. The van der Waals surface area contributed by atoms with Crippen molar-refractivity contribution >= 4 is 22.4 Å². The number of hydrogen-bond donors (Lipinski definition) is 2. The fourth-order valence-corrected chi connectivity index (χ4v) is 4.87. The summed E-state index contributed by atoms with van der Waals surface area (Å²) in [6.07, 6.45) is 7.16. The minimum atomic E-state index is -0.256. The van der Waals surface area contributed by atoms with Crippen LogP contribution in [0.15, 0.2) is 23.6 Å². The van der Waals surface area contributed by atoms with E-state index in [9.17, 15) is 4.79 Å². The molecule has 1 aliphatic carbocycles. The molecule has 158 valence electrons. The minimum absolute atomic E-state index is 0.0379. The lowest BCUT2D eigenvalue weighted by Gasteiger charge is -2.26. The quantitative estimate of drug-likeness (QED) is 0.570. The van der Waals surface area contributed by atoms with E-state index in [0.717, 1.165) is 22.8 Å². The van der Waals surface area contributed by atoms with Crippen LogP contribution in [0.4, 0.5) is 5.13 Å². The fourth-order valence-electron chi connectivity index (χ4n) is 4.10. The normalized spacial score (nSPS) is 15.8. The summed E-state index contributed by atoms with van der Waals surface area (Å²) in [5, 5.41) is 9.30. The molecular formula is C23H33N3O2S. The lowest BCUT2D eigenvalue weighted by molar-refractivity contribution is -0.122. The first-order valence-electron chi connectivity index (χ1n) is 10.6. The Hall–Kier alpha value is -1.92. The van der Waals surface area contributed by atoms with E-state index in [0.29, 0.717) is 19.1 Å². The summed E-state index contributed by atoms with van der Waals surface area (Å²) in [4.78, 5) is 17.6. The highest BCUT2D eigenvalue weighted by molar-refractivity contribution is 7.14. The summed E-state index contributed by atoms with van der Waals surface area (Å²) in [7, 11) is 1.65. The van der Waals surface area contributed by atoms with Crippen LogP contribution in [0.25, 0.3) is 11.3 Å². The Morgan fingerprint density at radius 2 is 2.07 bits per heavy atom. The van der Waals surface area contributed by atoms with Gasteiger partial charge in [-0.05, 0) is 31.7 Å². The highest BCUT2D eigenvalue weighted by Crippen LogP contribution is 2.31. The molecule has 0 radical (unpaired) electrons. The maximum atomic E-state index is 12.8. The Morgan fingerprint density at radius 3 is 2.79 bits per heavy atom. The van der Waals surface area contributed by atoms with Gasteiger partial charge in [-0.25, -0.2) is 4.98 Å². The number of carbonyl (C=O) groups is 1. The number of anilines is 1. The summed E-state index contributed by atoms with van der Waals surface area (Å²) >= 11 is 1.57. The second-order valence-electron chi connectivity index (χ2n) is 8.08. The average molecular weight is 416 g/mol. The van der Waals surface area contributed by atoms with Crippen molar-refractivity contribution in [1.29, 1.82) is 0 Å². The molecule has 3 rings (SSSR count). The van der Waals surface area contributed by atoms with E-state index in [4.69, 9.17) is 9.72 Å². The zero-order chi connectivity index (χ0) is 20.6. The van der Waals surface area contributed by atoms with E-state index in [1.54, 1.807) is 18.4 Å². The number of aryl methyl sites for hydroxylation is 2. The van der Waals surface area contributed by atoms with Gasteiger partial charge in [-0.3, -0.25) is 4.79 Å². The monoisotopic (exact) mass is 415 g/mol. The van der Waals surface area contributed by atoms with Crippen molar-refractivity contribution in [1.82, 2.24) is 10.3 Å². The van der Waals surface area contributed by atoms with Crippen molar-refractivity contribution < 1.29 is 9.53 Å². The molecule has 1 aliphatic rings. The van der Waals surface area contributed by atoms with Crippen LogP contribution in [-0.2, 0) is 9.53 Å². The molecule has 1 atom stereocenters. The topological polar surface area (TPSA) is 63.2 Å². The smallest absolute Gasteiger partial charge is 0.242 e. The molecular weight excluding hydrogens is 382 g/mol. The van der Waals surface area contributed by atoms with Crippen LogP contribution in [0.3, 0.4) is 0 Å². The summed E-state index contributed by atoms with van der Waals surface area (Å²) < 4.78 is 5.07. The third kappa shape index (κ3) is 6.28. The standard InChI is InChI=1S/C23H33N3O2S/c1-16-9-10-19(17(2)13-16)21-15-29-23(26-21)25-20(22(27)24-11-12-28-3)14-18-7-5-4-6-8-18/h9-10,13,15,18,20H,4-8,11-12,14H2,1-3H3,(H,24,27)(H,25,26)/t20-/m0/s1. The van der Waals surface area contributed by atoms with Crippen molar-refractivity contribution in [2.24, 2.45) is 5.92 Å². The molecule has 2 aromatic rings. The molecule has 6 heteroatoms. The third-order valence-electron chi connectivity index (χ3n) is 5.68. The van der Waals surface area contributed by atoms with Crippen LogP contribution in [-0.4, -0.2) is 37.2 Å². The third-order valence-corrected chi connectivity index (χ3v) is 6.45. The number of rotatable bonds is 9. The number of aromatic nitrogens is 1. The number of nitrogens with zero attached hydrogens (tertiary/aromatic N) is 1. The summed E-state index contributed by atoms with van der Waals surface area (Å²) in [6, 6.07) is 6.16. The molecule has 0 saturated heterocycles. The van der Waals surface area contributed by atoms with Crippen LogP contribution in [0, 0.1) is 19.8 Å². The molecule has 0 aliphatic heterocycles. The van der Waals surface area contributed by atoms with Gasteiger partial charge in [0.15, 0.2) is 5.13 Å². The SMILES string of the molecule is COCCNC(=O)[C@H](CC1CCCCC1)Nc1nc(-c2ccc(C)cc2C)cs1. The van der Waals surface area contributed by atoms with Crippen LogP contribution in [0.2, 0.25) is 0 Å². The molecule has 0 unspecified atom stereocenters. The largest absolute Gasteiger partial charge is 0.383 e. The molecule has 5 nitrogen and oxygen atoms in total. The van der Waals surface area contributed by atoms with E-state index in [1.807, 2.05) is 0 Å².